The molecule has 4 aromatic rings. The summed E-state index contributed by atoms with van der Waals surface area (Å²) in [5.41, 5.74) is 0.400. The lowest BCUT2D eigenvalue weighted by molar-refractivity contribution is -0.137. The first-order chi connectivity index (χ1) is 16.2. The zero-order chi connectivity index (χ0) is 24.3. The van der Waals surface area contributed by atoms with E-state index in [2.05, 4.69) is 15.4 Å². The molecule has 0 aliphatic carbocycles. The summed E-state index contributed by atoms with van der Waals surface area (Å²) in [6.07, 6.45) is -4.46. The van der Waals surface area contributed by atoms with Crippen LogP contribution >= 0.6 is 11.3 Å². The van der Waals surface area contributed by atoms with Crippen LogP contribution in [0, 0.1) is 5.92 Å². The van der Waals surface area contributed by atoms with Gasteiger partial charge in [0.15, 0.2) is 5.82 Å². The number of alkyl halides is 3. The number of hydrogen-bond acceptors (Lipinski definition) is 5. The standard InChI is InChI=1S/C24H21F3N4O2S/c1-15(2)14-33-23-29-21(20-7-4-12-34-20)31(30-23)19-6-3-5-18(13-19)28-22(32)16-8-10-17(11-9-16)24(25,26)27/h3-13,15H,14H2,1-2H3,(H,28,32). The van der Waals surface area contributed by atoms with Crippen molar-refractivity contribution in [2.45, 2.75) is 20.0 Å². The lowest BCUT2D eigenvalue weighted by atomic mass is 10.1. The third kappa shape index (κ3) is 5.45. The van der Waals surface area contributed by atoms with Crippen LogP contribution in [0.2, 0.25) is 0 Å². The van der Waals surface area contributed by atoms with E-state index in [0.29, 0.717) is 29.7 Å². The monoisotopic (exact) mass is 486 g/mol. The van der Waals surface area contributed by atoms with E-state index in [1.807, 2.05) is 37.4 Å². The number of anilines is 1. The molecular formula is C24H21F3N4O2S. The van der Waals surface area contributed by atoms with Crippen molar-refractivity contribution in [2.24, 2.45) is 5.92 Å². The maximum absolute atomic E-state index is 12.8. The van der Waals surface area contributed by atoms with E-state index < -0.39 is 17.6 Å². The molecule has 0 aliphatic heterocycles. The fourth-order valence-corrected chi connectivity index (χ4v) is 3.77. The molecule has 2 aromatic heterocycles. The summed E-state index contributed by atoms with van der Waals surface area (Å²) in [5.74, 6) is 0.379. The molecule has 1 N–H and O–H groups in total. The van der Waals surface area contributed by atoms with E-state index in [9.17, 15) is 18.0 Å². The Morgan fingerprint density at radius 2 is 1.88 bits per heavy atom. The molecule has 0 unspecified atom stereocenters. The Hall–Kier alpha value is -3.66. The summed E-state index contributed by atoms with van der Waals surface area (Å²) in [4.78, 5) is 18.0. The number of rotatable bonds is 7. The van der Waals surface area contributed by atoms with Crippen molar-refractivity contribution in [1.82, 2.24) is 14.8 Å². The molecule has 0 spiro atoms. The van der Waals surface area contributed by atoms with Gasteiger partial charge in [-0.25, -0.2) is 4.68 Å². The predicted octanol–water partition coefficient (Wildman–Crippen LogP) is 6.30. The highest BCUT2D eigenvalue weighted by Crippen LogP contribution is 2.30. The van der Waals surface area contributed by atoms with Gasteiger partial charge in [0.1, 0.15) is 0 Å². The Kier molecular flexibility index (Phi) is 6.69. The van der Waals surface area contributed by atoms with E-state index in [0.717, 1.165) is 29.1 Å². The molecule has 0 aliphatic rings. The molecule has 0 saturated carbocycles. The Morgan fingerprint density at radius 1 is 1.12 bits per heavy atom. The Balaban J connectivity index is 1.59. The second-order valence-corrected chi connectivity index (χ2v) is 8.84. The van der Waals surface area contributed by atoms with Gasteiger partial charge < -0.3 is 10.1 Å². The summed E-state index contributed by atoms with van der Waals surface area (Å²) in [6.45, 7) is 4.52. The van der Waals surface area contributed by atoms with Gasteiger partial charge in [-0.1, -0.05) is 26.0 Å². The minimum Gasteiger partial charge on any atom is -0.462 e. The van der Waals surface area contributed by atoms with Crippen LogP contribution in [0.5, 0.6) is 6.01 Å². The summed E-state index contributed by atoms with van der Waals surface area (Å²) >= 11 is 1.51. The molecule has 0 atom stereocenters. The molecule has 34 heavy (non-hydrogen) atoms. The molecule has 2 heterocycles. The van der Waals surface area contributed by atoms with Crippen molar-refractivity contribution in [1.29, 1.82) is 0 Å². The molecule has 176 valence electrons. The largest absolute Gasteiger partial charge is 0.462 e. The highest BCUT2D eigenvalue weighted by Gasteiger charge is 2.30. The number of ether oxygens (including phenoxy) is 1. The van der Waals surface area contributed by atoms with E-state index in [1.54, 1.807) is 22.9 Å². The molecule has 10 heteroatoms. The van der Waals surface area contributed by atoms with Crippen molar-refractivity contribution in [3.63, 3.8) is 0 Å². The van der Waals surface area contributed by atoms with E-state index in [1.165, 1.54) is 11.3 Å². The van der Waals surface area contributed by atoms with Gasteiger partial charge in [0, 0.05) is 11.3 Å². The van der Waals surface area contributed by atoms with Gasteiger partial charge in [0.05, 0.1) is 22.7 Å². The molecule has 6 nitrogen and oxygen atoms in total. The maximum atomic E-state index is 12.8. The molecular weight excluding hydrogens is 465 g/mol. The van der Waals surface area contributed by atoms with E-state index in [-0.39, 0.29) is 11.6 Å². The fourth-order valence-electron chi connectivity index (χ4n) is 3.07. The molecule has 2 aromatic carbocycles. The van der Waals surface area contributed by atoms with Crippen LogP contribution < -0.4 is 10.1 Å². The van der Waals surface area contributed by atoms with Crippen LogP contribution in [0.3, 0.4) is 0 Å². The number of hydrogen-bond donors (Lipinski definition) is 1. The third-order valence-electron chi connectivity index (χ3n) is 4.70. The topological polar surface area (TPSA) is 69.0 Å². The highest BCUT2D eigenvalue weighted by molar-refractivity contribution is 7.13. The van der Waals surface area contributed by atoms with Gasteiger partial charge in [-0.15, -0.1) is 16.4 Å². The summed E-state index contributed by atoms with van der Waals surface area (Å²) in [5, 5.41) is 9.14. The molecule has 4 rings (SSSR count). The molecule has 0 bridgehead atoms. The normalized spacial score (nSPS) is 11.6. The predicted molar refractivity (Wildman–Crippen MR) is 124 cm³/mol. The van der Waals surface area contributed by atoms with E-state index in [4.69, 9.17) is 4.74 Å². The van der Waals surface area contributed by atoms with E-state index >= 15 is 0 Å². The minimum absolute atomic E-state index is 0.114. The van der Waals surface area contributed by atoms with Crippen LogP contribution in [-0.4, -0.2) is 27.3 Å². The number of nitrogens with one attached hydrogen (secondary N) is 1. The van der Waals surface area contributed by atoms with Crippen LogP contribution in [0.25, 0.3) is 16.4 Å². The van der Waals surface area contributed by atoms with Crippen molar-refractivity contribution in [2.75, 3.05) is 11.9 Å². The SMILES string of the molecule is CC(C)COc1nc(-c2cccs2)n(-c2cccc(NC(=O)c3ccc(C(F)(F)F)cc3)c2)n1. The molecule has 1 amide bonds. The van der Waals surface area contributed by atoms with Crippen LogP contribution in [0.1, 0.15) is 29.8 Å². The lowest BCUT2D eigenvalue weighted by Crippen LogP contribution is -2.13. The molecule has 0 saturated heterocycles. The minimum atomic E-state index is -4.46. The maximum Gasteiger partial charge on any atom is 0.416 e. The van der Waals surface area contributed by atoms with Gasteiger partial charge in [0.25, 0.3) is 5.91 Å². The Morgan fingerprint density at radius 3 is 2.53 bits per heavy atom. The van der Waals surface area contributed by atoms with Gasteiger partial charge in [-0.2, -0.15) is 18.2 Å². The number of benzene rings is 2. The molecule has 0 radical (unpaired) electrons. The first-order valence-electron chi connectivity index (χ1n) is 10.4. The van der Waals surface area contributed by atoms with Gasteiger partial charge in [0.2, 0.25) is 0 Å². The molecule has 0 fully saturated rings. The second kappa shape index (κ2) is 9.68. The van der Waals surface area contributed by atoms with Gasteiger partial charge in [-0.3, -0.25) is 4.79 Å². The summed E-state index contributed by atoms with van der Waals surface area (Å²) in [6, 6.07) is 15.1. The summed E-state index contributed by atoms with van der Waals surface area (Å²) in [7, 11) is 0. The Bertz CT molecular complexity index is 1270. The van der Waals surface area contributed by atoms with Crippen LogP contribution in [0.4, 0.5) is 18.9 Å². The third-order valence-corrected chi connectivity index (χ3v) is 5.56. The van der Waals surface area contributed by atoms with Crippen LogP contribution in [0.15, 0.2) is 66.0 Å². The Labute approximate surface area is 198 Å². The van der Waals surface area contributed by atoms with Crippen molar-refractivity contribution < 1.29 is 22.7 Å². The quantitative estimate of drug-likeness (QED) is 0.333. The lowest BCUT2D eigenvalue weighted by Gasteiger charge is -2.10. The van der Waals surface area contributed by atoms with Crippen LogP contribution in [-0.2, 0) is 6.18 Å². The first kappa shape index (κ1) is 23.5. The number of halogens is 3. The van der Waals surface area contributed by atoms with Crippen molar-refractivity contribution >= 4 is 22.9 Å². The second-order valence-electron chi connectivity index (χ2n) is 7.89. The van der Waals surface area contributed by atoms with Gasteiger partial charge in [-0.05, 0) is 59.8 Å². The average Bonchev–Trinajstić information content (AvgIpc) is 3.47. The smallest absolute Gasteiger partial charge is 0.416 e. The van der Waals surface area contributed by atoms with Crippen molar-refractivity contribution in [3.8, 4) is 22.4 Å². The number of thiophene rings is 1. The van der Waals surface area contributed by atoms with Gasteiger partial charge >= 0.3 is 12.2 Å². The first-order valence-corrected chi connectivity index (χ1v) is 11.3. The zero-order valence-electron chi connectivity index (χ0n) is 18.3. The number of nitrogens with zero attached hydrogens (tertiary/aromatic N) is 3. The fraction of sp³-hybridized carbons (Fsp3) is 0.208. The average molecular weight is 487 g/mol. The number of carbonyl (C=O) groups excluding carboxylic acids is 1. The van der Waals surface area contributed by atoms with Crippen molar-refractivity contribution in [3.05, 3.63) is 77.2 Å². The number of aromatic nitrogens is 3. The summed E-state index contributed by atoms with van der Waals surface area (Å²) < 4.78 is 45.7. The number of carbonyl (C=O) groups is 1. The number of amides is 1. The highest BCUT2D eigenvalue weighted by atomic mass is 32.1. The zero-order valence-corrected chi connectivity index (χ0v) is 19.2.